The van der Waals surface area contributed by atoms with Crippen LogP contribution < -0.4 is 0 Å². The Morgan fingerprint density at radius 3 is 2.88 bits per heavy atom. The quantitative estimate of drug-likeness (QED) is 0.894. The third-order valence-corrected chi connectivity index (χ3v) is 3.98. The van der Waals surface area contributed by atoms with E-state index in [1.807, 2.05) is 0 Å². The lowest BCUT2D eigenvalue weighted by Crippen LogP contribution is -2.47. The number of piperidine rings is 1. The van der Waals surface area contributed by atoms with Crippen molar-refractivity contribution < 1.29 is 14.7 Å². The summed E-state index contributed by atoms with van der Waals surface area (Å²) in [5.41, 5.74) is 1.48. The van der Waals surface area contributed by atoms with Gasteiger partial charge in [0.1, 0.15) is 10.9 Å². The van der Waals surface area contributed by atoms with Gasteiger partial charge in [0.25, 0.3) is 5.91 Å². The Morgan fingerprint density at radius 2 is 2.29 bits per heavy atom. The summed E-state index contributed by atoms with van der Waals surface area (Å²) >= 11 is 6.92. The zero-order chi connectivity index (χ0) is 12.4. The van der Waals surface area contributed by atoms with Crippen LogP contribution in [0.5, 0.6) is 0 Å². The van der Waals surface area contributed by atoms with Crippen molar-refractivity contribution in [2.75, 3.05) is 6.54 Å². The van der Waals surface area contributed by atoms with Crippen molar-refractivity contribution in [1.29, 1.82) is 0 Å². The van der Waals surface area contributed by atoms with E-state index >= 15 is 0 Å². The van der Waals surface area contributed by atoms with Crippen LogP contribution in [0.4, 0.5) is 0 Å². The van der Waals surface area contributed by atoms with Crippen LogP contribution in [-0.2, 0) is 4.79 Å². The van der Waals surface area contributed by atoms with Gasteiger partial charge in [0.15, 0.2) is 5.15 Å². The molecule has 0 aliphatic carbocycles. The number of halogens is 1. The zero-order valence-electron chi connectivity index (χ0n) is 8.93. The smallest absolute Gasteiger partial charge is 0.326 e. The monoisotopic (exact) mass is 274 g/mol. The van der Waals surface area contributed by atoms with E-state index < -0.39 is 12.0 Å². The van der Waals surface area contributed by atoms with Crippen molar-refractivity contribution in [2.45, 2.75) is 25.3 Å². The predicted molar refractivity (Wildman–Crippen MR) is 63.4 cm³/mol. The number of rotatable bonds is 2. The molecule has 0 spiro atoms. The predicted octanol–water partition coefficient (Wildman–Crippen LogP) is 1.88. The van der Waals surface area contributed by atoms with Crippen LogP contribution in [0.3, 0.4) is 0 Å². The first-order valence-corrected chi connectivity index (χ1v) is 6.50. The zero-order valence-corrected chi connectivity index (χ0v) is 10.5. The highest BCUT2D eigenvalue weighted by Gasteiger charge is 2.33. The van der Waals surface area contributed by atoms with E-state index in [2.05, 4.69) is 4.98 Å². The lowest BCUT2D eigenvalue weighted by molar-refractivity contribution is -0.143. The highest BCUT2D eigenvalue weighted by atomic mass is 35.5. The van der Waals surface area contributed by atoms with Crippen LogP contribution in [-0.4, -0.2) is 39.5 Å². The topological polar surface area (TPSA) is 70.5 Å². The first-order valence-electron chi connectivity index (χ1n) is 5.24. The van der Waals surface area contributed by atoms with Gasteiger partial charge in [0.2, 0.25) is 0 Å². The second-order valence-electron chi connectivity index (χ2n) is 3.82. The molecule has 2 heterocycles. The molecule has 1 aliphatic rings. The molecule has 5 nitrogen and oxygen atoms in total. The third kappa shape index (κ3) is 2.42. The van der Waals surface area contributed by atoms with Gasteiger partial charge >= 0.3 is 5.97 Å². The van der Waals surface area contributed by atoms with E-state index in [0.717, 1.165) is 24.2 Å². The molecule has 0 radical (unpaired) electrons. The molecular formula is C10H11ClN2O3S. The molecular weight excluding hydrogens is 264 g/mol. The Kier molecular flexibility index (Phi) is 3.63. The van der Waals surface area contributed by atoms with Crippen LogP contribution in [0, 0.1) is 0 Å². The summed E-state index contributed by atoms with van der Waals surface area (Å²) in [6.07, 6.45) is 2.15. The van der Waals surface area contributed by atoms with Crippen LogP contribution in [0.25, 0.3) is 0 Å². The maximum atomic E-state index is 12.1. The van der Waals surface area contributed by atoms with Crippen molar-refractivity contribution in [3.8, 4) is 0 Å². The molecule has 1 amide bonds. The van der Waals surface area contributed by atoms with Gasteiger partial charge in [0, 0.05) is 6.54 Å². The van der Waals surface area contributed by atoms with E-state index in [4.69, 9.17) is 16.7 Å². The molecule has 1 unspecified atom stereocenters. The highest BCUT2D eigenvalue weighted by Crippen LogP contribution is 2.25. The van der Waals surface area contributed by atoms with Gasteiger partial charge in [-0.2, -0.15) is 0 Å². The molecule has 2 rings (SSSR count). The van der Waals surface area contributed by atoms with Crippen LogP contribution in [0.1, 0.15) is 28.9 Å². The summed E-state index contributed by atoms with van der Waals surface area (Å²) in [6.45, 7) is 0.462. The lowest BCUT2D eigenvalue weighted by atomic mass is 10.0. The summed E-state index contributed by atoms with van der Waals surface area (Å²) in [6, 6.07) is -0.741. The minimum atomic E-state index is -0.960. The number of carboxylic acid groups (broad SMARTS) is 1. The number of aliphatic carboxylic acids is 1. The van der Waals surface area contributed by atoms with Crippen molar-refractivity contribution in [2.24, 2.45) is 0 Å². The first-order chi connectivity index (χ1) is 8.11. The molecule has 1 fully saturated rings. The fraction of sp³-hybridized carbons (Fsp3) is 0.500. The number of carbonyl (C=O) groups excluding carboxylic acids is 1. The first kappa shape index (κ1) is 12.3. The van der Waals surface area contributed by atoms with Crippen LogP contribution >= 0.6 is 22.9 Å². The molecule has 1 atom stereocenters. The molecule has 92 valence electrons. The van der Waals surface area contributed by atoms with Gasteiger partial charge in [-0.15, -0.1) is 11.3 Å². The van der Waals surface area contributed by atoms with Gasteiger partial charge in [-0.1, -0.05) is 11.6 Å². The molecule has 0 aromatic carbocycles. The largest absolute Gasteiger partial charge is 0.480 e. The van der Waals surface area contributed by atoms with E-state index in [9.17, 15) is 9.59 Å². The Hall–Kier alpha value is -1.14. The van der Waals surface area contributed by atoms with Gasteiger partial charge < -0.3 is 10.0 Å². The lowest BCUT2D eigenvalue weighted by Gasteiger charge is -2.32. The van der Waals surface area contributed by atoms with Crippen LogP contribution in [0.2, 0.25) is 5.15 Å². The van der Waals surface area contributed by atoms with Crippen molar-refractivity contribution in [3.05, 3.63) is 15.5 Å². The molecule has 1 N–H and O–H groups in total. The molecule has 1 aromatic rings. The van der Waals surface area contributed by atoms with Gasteiger partial charge in [-0.05, 0) is 19.3 Å². The average molecular weight is 275 g/mol. The summed E-state index contributed by atoms with van der Waals surface area (Å²) in [5, 5.41) is 9.23. The Morgan fingerprint density at radius 1 is 1.53 bits per heavy atom. The molecule has 7 heteroatoms. The molecule has 1 aromatic heterocycles. The summed E-state index contributed by atoms with van der Waals surface area (Å²) < 4.78 is 0. The molecule has 1 saturated heterocycles. The number of hydrogen-bond donors (Lipinski definition) is 1. The van der Waals surface area contributed by atoms with Gasteiger partial charge in [-0.3, -0.25) is 4.79 Å². The number of carbonyl (C=O) groups is 2. The van der Waals surface area contributed by atoms with E-state index in [1.54, 1.807) is 0 Å². The van der Waals surface area contributed by atoms with Crippen LogP contribution in [0.15, 0.2) is 5.51 Å². The molecule has 0 saturated carbocycles. The van der Waals surface area contributed by atoms with Crippen molar-refractivity contribution >= 4 is 34.8 Å². The summed E-state index contributed by atoms with van der Waals surface area (Å²) in [4.78, 5) is 28.7. The maximum Gasteiger partial charge on any atom is 0.326 e. The number of nitrogens with zero attached hydrogens (tertiary/aromatic N) is 2. The standard InChI is InChI=1S/C10H11ClN2O3S/c11-8-7(17-5-12-8)9(14)13-4-2-1-3-6(13)10(15)16/h5-6H,1-4H2,(H,15,16). The second kappa shape index (κ2) is 5.01. The summed E-state index contributed by atoms with van der Waals surface area (Å²) in [7, 11) is 0. The average Bonchev–Trinajstić information content (AvgIpc) is 2.74. The molecule has 0 bridgehead atoms. The Bertz CT molecular complexity index is 449. The number of hydrogen-bond acceptors (Lipinski definition) is 4. The second-order valence-corrected chi connectivity index (χ2v) is 5.03. The SMILES string of the molecule is O=C(O)C1CCCCN1C(=O)c1scnc1Cl. The third-order valence-electron chi connectivity index (χ3n) is 2.77. The fourth-order valence-electron chi connectivity index (χ4n) is 1.93. The summed E-state index contributed by atoms with van der Waals surface area (Å²) in [5.74, 6) is -1.29. The number of thiazole rings is 1. The van der Waals surface area contributed by atoms with Gasteiger partial charge in [0.05, 0.1) is 5.51 Å². The number of aromatic nitrogens is 1. The number of likely N-dealkylation sites (tertiary alicyclic amines) is 1. The highest BCUT2D eigenvalue weighted by molar-refractivity contribution is 7.12. The van der Waals surface area contributed by atoms with E-state index in [0.29, 0.717) is 17.8 Å². The van der Waals surface area contributed by atoms with Gasteiger partial charge in [-0.25, -0.2) is 9.78 Å². The maximum absolute atomic E-state index is 12.1. The Balaban J connectivity index is 2.23. The number of carboxylic acids is 1. The van der Waals surface area contributed by atoms with Crippen molar-refractivity contribution in [3.63, 3.8) is 0 Å². The number of amides is 1. The van der Waals surface area contributed by atoms with Crippen molar-refractivity contribution in [1.82, 2.24) is 9.88 Å². The normalized spacial score (nSPS) is 20.3. The minimum Gasteiger partial charge on any atom is -0.480 e. The van der Waals surface area contributed by atoms with E-state index in [-0.39, 0.29) is 11.1 Å². The molecule has 17 heavy (non-hydrogen) atoms. The fourth-order valence-corrected chi connectivity index (χ4v) is 2.89. The minimum absolute atomic E-state index is 0.148. The van der Waals surface area contributed by atoms with E-state index in [1.165, 1.54) is 10.4 Å². The molecule has 1 aliphatic heterocycles. The Labute approximate surface area is 107 Å².